The lowest BCUT2D eigenvalue weighted by Crippen LogP contribution is -2.19. The zero-order valence-electron chi connectivity index (χ0n) is 13.5. The van der Waals surface area contributed by atoms with Crippen LogP contribution in [-0.2, 0) is 10.0 Å². The molecule has 2 aromatic carbocycles. The third-order valence-corrected chi connectivity index (χ3v) is 3.68. The molecule has 0 atom stereocenters. The highest BCUT2D eigenvalue weighted by molar-refractivity contribution is 7.92. The Labute approximate surface area is 144 Å². The number of hydrogen-bond acceptors (Lipinski definition) is 6. The normalized spacial score (nSPS) is 11.8. The highest BCUT2D eigenvalue weighted by Crippen LogP contribution is 2.20. The molecule has 0 saturated carbocycles. The minimum Gasteiger partial charge on any atom is -0.508 e. The summed E-state index contributed by atoms with van der Waals surface area (Å²) in [6.45, 7) is 1.64. The van der Waals surface area contributed by atoms with E-state index in [1.807, 2.05) is 0 Å². The molecule has 4 N–H and O–H groups in total. The number of anilines is 1. The molecule has 0 spiro atoms. The Morgan fingerprint density at radius 3 is 2.28 bits per heavy atom. The maximum atomic E-state index is 12.0. The van der Waals surface area contributed by atoms with E-state index >= 15 is 0 Å². The third-order valence-electron chi connectivity index (χ3n) is 3.07. The van der Waals surface area contributed by atoms with Crippen molar-refractivity contribution in [3.8, 4) is 11.5 Å². The van der Waals surface area contributed by atoms with Gasteiger partial charge < -0.3 is 10.2 Å². The largest absolute Gasteiger partial charge is 0.508 e. The molecule has 132 valence electrons. The Morgan fingerprint density at radius 1 is 1.04 bits per heavy atom. The van der Waals surface area contributed by atoms with Crippen LogP contribution in [0.3, 0.4) is 0 Å². The van der Waals surface area contributed by atoms with Crippen LogP contribution in [0.1, 0.15) is 22.8 Å². The van der Waals surface area contributed by atoms with Crippen LogP contribution in [0.25, 0.3) is 0 Å². The van der Waals surface area contributed by atoms with Gasteiger partial charge in [0.25, 0.3) is 5.91 Å². The van der Waals surface area contributed by atoms with Crippen LogP contribution in [0, 0.1) is 0 Å². The number of rotatable bonds is 5. The summed E-state index contributed by atoms with van der Waals surface area (Å²) in [6.07, 6.45) is 1.05. The molecule has 0 fully saturated rings. The van der Waals surface area contributed by atoms with Crippen molar-refractivity contribution in [2.75, 3.05) is 11.0 Å². The van der Waals surface area contributed by atoms with Gasteiger partial charge in [0, 0.05) is 17.3 Å². The molecule has 0 heterocycles. The molecular weight excluding hydrogens is 346 g/mol. The highest BCUT2D eigenvalue weighted by Gasteiger charge is 2.09. The number of hydrogen-bond donors (Lipinski definition) is 4. The van der Waals surface area contributed by atoms with Gasteiger partial charge in [-0.05, 0) is 36.8 Å². The van der Waals surface area contributed by atoms with Crippen molar-refractivity contribution in [2.24, 2.45) is 5.10 Å². The summed E-state index contributed by atoms with van der Waals surface area (Å²) in [5.74, 6) is -1.10. The molecule has 0 aromatic heterocycles. The van der Waals surface area contributed by atoms with Gasteiger partial charge >= 0.3 is 0 Å². The van der Waals surface area contributed by atoms with Gasteiger partial charge in [0.2, 0.25) is 10.0 Å². The van der Waals surface area contributed by atoms with E-state index in [-0.39, 0.29) is 17.1 Å². The fourth-order valence-corrected chi connectivity index (χ4v) is 2.57. The van der Waals surface area contributed by atoms with Crippen molar-refractivity contribution in [2.45, 2.75) is 6.92 Å². The van der Waals surface area contributed by atoms with Crippen molar-refractivity contribution in [1.82, 2.24) is 5.43 Å². The summed E-state index contributed by atoms with van der Waals surface area (Å²) in [5.41, 5.74) is 3.77. The minimum absolute atomic E-state index is 0.0431. The van der Waals surface area contributed by atoms with E-state index in [9.17, 15) is 23.4 Å². The van der Waals surface area contributed by atoms with E-state index in [1.54, 1.807) is 31.2 Å². The Balaban J connectivity index is 2.16. The topological polar surface area (TPSA) is 128 Å². The van der Waals surface area contributed by atoms with Gasteiger partial charge in [-0.3, -0.25) is 9.52 Å². The number of nitrogens with one attached hydrogen (secondary N) is 2. The number of benzene rings is 2. The van der Waals surface area contributed by atoms with Crippen LogP contribution < -0.4 is 10.1 Å². The van der Waals surface area contributed by atoms with Crippen molar-refractivity contribution in [3.63, 3.8) is 0 Å². The van der Waals surface area contributed by atoms with Crippen molar-refractivity contribution in [1.29, 1.82) is 0 Å². The molecule has 25 heavy (non-hydrogen) atoms. The van der Waals surface area contributed by atoms with Crippen molar-refractivity contribution < 1.29 is 23.4 Å². The Kier molecular flexibility index (Phi) is 5.28. The number of phenolic OH excluding ortho intramolecular Hbond substituents is 2. The first-order valence-electron chi connectivity index (χ1n) is 7.10. The first-order chi connectivity index (χ1) is 11.6. The lowest BCUT2D eigenvalue weighted by molar-refractivity contribution is 0.0954. The maximum absolute atomic E-state index is 12.0. The molecule has 0 aliphatic heterocycles. The van der Waals surface area contributed by atoms with Crippen molar-refractivity contribution in [3.05, 3.63) is 53.6 Å². The van der Waals surface area contributed by atoms with Crippen LogP contribution in [0.4, 0.5) is 5.69 Å². The summed E-state index contributed by atoms with van der Waals surface area (Å²) >= 11 is 0. The average molecular weight is 363 g/mol. The summed E-state index contributed by atoms with van der Waals surface area (Å²) in [6, 6.07) is 10.0. The van der Waals surface area contributed by atoms with E-state index in [2.05, 4.69) is 15.2 Å². The van der Waals surface area contributed by atoms with Crippen LogP contribution in [-0.4, -0.2) is 36.5 Å². The number of carbonyl (C=O) groups is 1. The number of nitrogens with zero attached hydrogens (tertiary/aromatic N) is 1. The first kappa shape index (κ1) is 18.3. The van der Waals surface area contributed by atoms with Gasteiger partial charge in [-0.2, -0.15) is 5.10 Å². The number of carbonyl (C=O) groups excluding carboxylic acids is 1. The molecule has 1 amide bonds. The fourth-order valence-electron chi connectivity index (χ4n) is 2.01. The van der Waals surface area contributed by atoms with E-state index in [4.69, 9.17) is 0 Å². The van der Waals surface area contributed by atoms with E-state index in [0.717, 1.165) is 12.3 Å². The Hall–Kier alpha value is -3.07. The molecular formula is C16H17N3O5S. The molecule has 0 unspecified atom stereocenters. The summed E-state index contributed by atoms with van der Waals surface area (Å²) in [7, 11) is -3.40. The molecule has 8 nitrogen and oxygen atoms in total. The van der Waals surface area contributed by atoms with Gasteiger partial charge in [-0.15, -0.1) is 0 Å². The number of aromatic hydroxyl groups is 2. The fraction of sp³-hybridized carbons (Fsp3) is 0.125. The third kappa shape index (κ3) is 5.50. The smallest absolute Gasteiger partial charge is 0.271 e. The predicted molar refractivity (Wildman–Crippen MR) is 94.4 cm³/mol. The van der Waals surface area contributed by atoms with Crippen LogP contribution >= 0.6 is 0 Å². The molecule has 0 saturated heterocycles. The number of phenols is 2. The quantitative estimate of drug-likeness (QED) is 0.474. The number of sulfonamides is 1. The van der Waals surface area contributed by atoms with Gasteiger partial charge in [-0.25, -0.2) is 13.8 Å². The summed E-state index contributed by atoms with van der Waals surface area (Å²) in [4.78, 5) is 12.0. The second-order valence-corrected chi connectivity index (χ2v) is 7.08. The number of hydrazone groups is 1. The molecule has 2 rings (SSSR count). The minimum atomic E-state index is -3.40. The summed E-state index contributed by atoms with van der Waals surface area (Å²) < 4.78 is 24.9. The standard InChI is InChI=1S/C16H17N3O5S/c1-10(11-4-3-5-13(6-11)19-25(2,23)24)17-18-16(22)12-7-14(20)9-15(21)8-12/h3-9,19-21H,1-2H3,(H,18,22)/b17-10-. The van der Waals surface area contributed by atoms with Gasteiger partial charge in [-0.1, -0.05) is 12.1 Å². The zero-order valence-corrected chi connectivity index (χ0v) is 14.3. The second kappa shape index (κ2) is 7.22. The molecule has 0 radical (unpaired) electrons. The second-order valence-electron chi connectivity index (χ2n) is 5.33. The van der Waals surface area contributed by atoms with E-state index in [0.29, 0.717) is 17.0 Å². The van der Waals surface area contributed by atoms with Crippen molar-refractivity contribution >= 4 is 27.3 Å². The zero-order chi connectivity index (χ0) is 18.6. The molecule has 0 bridgehead atoms. The van der Waals surface area contributed by atoms with Gasteiger partial charge in [0.1, 0.15) is 11.5 Å². The van der Waals surface area contributed by atoms with Crippen LogP contribution in [0.2, 0.25) is 0 Å². The number of amides is 1. The highest BCUT2D eigenvalue weighted by atomic mass is 32.2. The molecule has 9 heteroatoms. The van der Waals surface area contributed by atoms with E-state index in [1.165, 1.54) is 12.1 Å². The van der Waals surface area contributed by atoms with Gasteiger partial charge in [0.15, 0.2) is 0 Å². The Morgan fingerprint density at radius 2 is 1.68 bits per heavy atom. The Bertz CT molecular complexity index is 918. The van der Waals surface area contributed by atoms with E-state index < -0.39 is 15.9 Å². The average Bonchev–Trinajstić information content (AvgIpc) is 2.50. The lowest BCUT2D eigenvalue weighted by Gasteiger charge is -2.07. The SMILES string of the molecule is C/C(=N/NC(=O)c1cc(O)cc(O)c1)c1cccc(NS(C)(=O)=O)c1. The van der Waals surface area contributed by atoms with Crippen LogP contribution in [0.15, 0.2) is 47.6 Å². The first-order valence-corrected chi connectivity index (χ1v) is 8.99. The molecule has 2 aromatic rings. The molecule has 0 aliphatic rings. The van der Waals surface area contributed by atoms with Crippen LogP contribution in [0.5, 0.6) is 11.5 Å². The monoisotopic (exact) mass is 363 g/mol. The maximum Gasteiger partial charge on any atom is 0.271 e. The summed E-state index contributed by atoms with van der Waals surface area (Å²) in [5, 5.41) is 22.7. The lowest BCUT2D eigenvalue weighted by atomic mass is 10.1. The van der Waals surface area contributed by atoms with Gasteiger partial charge in [0.05, 0.1) is 12.0 Å². The molecule has 0 aliphatic carbocycles. The predicted octanol–water partition coefficient (Wildman–Crippen LogP) is 1.62.